The van der Waals surface area contributed by atoms with E-state index in [-0.39, 0.29) is 0 Å². The van der Waals surface area contributed by atoms with E-state index in [1.165, 1.54) is 24.6 Å². The van der Waals surface area contributed by atoms with Gasteiger partial charge in [-0.05, 0) is 54.1 Å². The largest absolute Gasteiger partial charge is 0.480 e. The lowest BCUT2D eigenvalue weighted by molar-refractivity contribution is -0.136. The number of carbonyl (C=O) groups is 1. The average molecular weight is 423 g/mol. The topological polar surface area (TPSA) is 46.5 Å². The summed E-state index contributed by atoms with van der Waals surface area (Å²) in [6.45, 7) is 2.17. The molecule has 0 aliphatic heterocycles. The molecule has 2 rings (SSSR count). The Morgan fingerprint density at radius 3 is 2.56 bits per heavy atom. The molecule has 0 aromatic heterocycles. The molecule has 0 aliphatic rings. The molecule has 0 saturated carbocycles. The first-order valence-corrected chi connectivity index (χ1v) is 10.3. The first kappa shape index (κ1) is 19.9. The number of unbranched alkanes of at least 4 members (excludes halogenated alkanes) is 3. The molecule has 134 valence electrons. The Morgan fingerprint density at radius 1 is 1.12 bits per heavy atom. The first-order valence-electron chi connectivity index (χ1n) is 8.48. The molecule has 2 aromatic rings. The van der Waals surface area contributed by atoms with Crippen molar-refractivity contribution in [3.8, 4) is 11.5 Å². The van der Waals surface area contributed by atoms with Crippen LogP contribution in [-0.2, 0) is 4.79 Å². The molecular weight excluding hydrogens is 400 g/mol. The van der Waals surface area contributed by atoms with Crippen LogP contribution in [0.25, 0.3) is 0 Å². The molecule has 1 atom stereocenters. The van der Waals surface area contributed by atoms with Gasteiger partial charge in [0.25, 0.3) is 0 Å². The Balaban J connectivity index is 2.03. The first-order chi connectivity index (χ1) is 12.1. The molecule has 2 aromatic carbocycles. The molecule has 3 nitrogen and oxygen atoms in total. The van der Waals surface area contributed by atoms with Gasteiger partial charge >= 0.3 is 5.97 Å². The summed E-state index contributed by atoms with van der Waals surface area (Å²) < 4.78 is 6.82. The van der Waals surface area contributed by atoms with E-state index in [1.54, 1.807) is 0 Å². The SMILES string of the molecule is CCCCCCSC(C(=O)O)c1cccc(Oc2ccc(Br)cc2)c1. The highest BCUT2D eigenvalue weighted by Crippen LogP contribution is 2.33. The van der Waals surface area contributed by atoms with Crippen LogP contribution in [0.4, 0.5) is 0 Å². The summed E-state index contributed by atoms with van der Waals surface area (Å²) in [5, 5.41) is 9.01. The third-order valence-corrected chi connectivity index (χ3v) is 5.58. The van der Waals surface area contributed by atoms with Crippen LogP contribution in [0.5, 0.6) is 11.5 Å². The molecule has 0 radical (unpaired) electrons. The van der Waals surface area contributed by atoms with Gasteiger partial charge in [-0.1, -0.05) is 54.2 Å². The monoisotopic (exact) mass is 422 g/mol. The maximum atomic E-state index is 11.7. The number of ether oxygens (including phenoxy) is 1. The molecule has 1 unspecified atom stereocenters. The van der Waals surface area contributed by atoms with Gasteiger partial charge in [0.05, 0.1) is 0 Å². The van der Waals surface area contributed by atoms with E-state index in [4.69, 9.17) is 4.74 Å². The molecule has 5 heteroatoms. The fourth-order valence-electron chi connectivity index (χ4n) is 2.42. The highest BCUT2D eigenvalue weighted by atomic mass is 79.9. The van der Waals surface area contributed by atoms with Crippen LogP contribution in [0.1, 0.15) is 43.4 Å². The number of thioether (sulfide) groups is 1. The highest BCUT2D eigenvalue weighted by Gasteiger charge is 2.20. The van der Waals surface area contributed by atoms with Crippen molar-refractivity contribution in [2.45, 2.75) is 37.9 Å². The summed E-state index contributed by atoms with van der Waals surface area (Å²) >= 11 is 4.88. The van der Waals surface area contributed by atoms with Gasteiger partial charge < -0.3 is 9.84 Å². The van der Waals surface area contributed by atoms with Gasteiger partial charge in [0, 0.05) is 4.47 Å². The average Bonchev–Trinajstić information content (AvgIpc) is 2.60. The van der Waals surface area contributed by atoms with Crippen LogP contribution in [-0.4, -0.2) is 16.8 Å². The fraction of sp³-hybridized carbons (Fsp3) is 0.350. The van der Waals surface area contributed by atoms with Crippen molar-refractivity contribution in [3.63, 3.8) is 0 Å². The van der Waals surface area contributed by atoms with E-state index in [9.17, 15) is 9.90 Å². The van der Waals surface area contributed by atoms with Crippen molar-refractivity contribution in [2.75, 3.05) is 5.75 Å². The van der Waals surface area contributed by atoms with E-state index in [0.717, 1.165) is 34.4 Å². The normalized spacial score (nSPS) is 11.9. The van der Waals surface area contributed by atoms with E-state index in [1.807, 2.05) is 48.5 Å². The van der Waals surface area contributed by atoms with Crippen LogP contribution >= 0.6 is 27.7 Å². The van der Waals surface area contributed by atoms with Gasteiger partial charge in [-0.25, -0.2) is 0 Å². The van der Waals surface area contributed by atoms with E-state index < -0.39 is 11.2 Å². The number of halogens is 1. The van der Waals surface area contributed by atoms with Crippen LogP contribution in [0.2, 0.25) is 0 Å². The maximum absolute atomic E-state index is 11.7. The lowest BCUT2D eigenvalue weighted by Gasteiger charge is -2.14. The Hall–Kier alpha value is -1.46. The van der Waals surface area contributed by atoms with Gasteiger partial charge in [0.2, 0.25) is 0 Å². The predicted octanol–water partition coefficient (Wildman–Crippen LogP) is 6.68. The van der Waals surface area contributed by atoms with Crippen molar-refractivity contribution in [2.24, 2.45) is 0 Å². The molecular formula is C20H23BrO3S. The molecule has 0 saturated heterocycles. The maximum Gasteiger partial charge on any atom is 0.321 e. The smallest absolute Gasteiger partial charge is 0.321 e. The summed E-state index contributed by atoms with van der Waals surface area (Å²) in [6.07, 6.45) is 4.59. The van der Waals surface area contributed by atoms with Crippen molar-refractivity contribution in [1.29, 1.82) is 0 Å². The van der Waals surface area contributed by atoms with Gasteiger partial charge in [-0.3, -0.25) is 4.79 Å². The van der Waals surface area contributed by atoms with Gasteiger partial charge in [0.15, 0.2) is 0 Å². The molecule has 0 spiro atoms. The summed E-state index contributed by atoms with van der Waals surface area (Å²) in [4.78, 5) is 11.7. The standard InChI is InChI=1S/C20H23BrO3S/c1-2-3-4-5-13-25-19(20(22)23)15-7-6-8-18(14-15)24-17-11-9-16(21)10-12-17/h6-12,14,19H,2-5,13H2,1H3,(H,22,23). The summed E-state index contributed by atoms with van der Waals surface area (Å²) in [5.41, 5.74) is 0.766. The summed E-state index contributed by atoms with van der Waals surface area (Å²) in [7, 11) is 0. The summed E-state index contributed by atoms with van der Waals surface area (Å²) in [5.74, 6) is 1.42. The summed E-state index contributed by atoms with van der Waals surface area (Å²) in [6, 6.07) is 14.9. The van der Waals surface area contributed by atoms with Crippen molar-refractivity contribution in [3.05, 3.63) is 58.6 Å². The van der Waals surface area contributed by atoms with E-state index >= 15 is 0 Å². The van der Waals surface area contributed by atoms with Crippen LogP contribution in [0.15, 0.2) is 53.0 Å². The van der Waals surface area contributed by atoms with Crippen LogP contribution in [0.3, 0.4) is 0 Å². The zero-order chi connectivity index (χ0) is 18.1. The Labute approximate surface area is 161 Å². The van der Waals surface area contributed by atoms with Crippen molar-refractivity contribution >= 4 is 33.7 Å². The second-order valence-electron chi connectivity index (χ2n) is 5.78. The second-order valence-corrected chi connectivity index (χ2v) is 7.91. The Kier molecular flexibility index (Phi) is 8.35. The minimum atomic E-state index is -0.804. The minimum Gasteiger partial charge on any atom is -0.480 e. The molecule has 0 heterocycles. The van der Waals surface area contributed by atoms with Gasteiger partial charge in [-0.15, -0.1) is 11.8 Å². The number of aliphatic carboxylic acids is 1. The predicted molar refractivity (Wildman–Crippen MR) is 108 cm³/mol. The molecule has 0 aliphatic carbocycles. The second kappa shape index (κ2) is 10.5. The zero-order valence-electron chi connectivity index (χ0n) is 14.3. The third kappa shape index (κ3) is 6.75. The molecule has 1 N–H and O–H groups in total. The fourth-order valence-corrected chi connectivity index (χ4v) is 3.77. The molecule has 0 fully saturated rings. The van der Waals surface area contributed by atoms with E-state index in [0.29, 0.717) is 5.75 Å². The van der Waals surface area contributed by atoms with Crippen LogP contribution < -0.4 is 4.74 Å². The number of benzene rings is 2. The van der Waals surface area contributed by atoms with Gasteiger partial charge in [0.1, 0.15) is 16.7 Å². The lowest BCUT2D eigenvalue weighted by Crippen LogP contribution is -2.08. The quantitative estimate of drug-likeness (QED) is 0.433. The van der Waals surface area contributed by atoms with Crippen LogP contribution in [0, 0.1) is 0 Å². The third-order valence-electron chi connectivity index (χ3n) is 3.72. The Morgan fingerprint density at radius 2 is 1.88 bits per heavy atom. The number of hydrogen-bond acceptors (Lipinski definition) is 3. The zero-order valence-corrected chi connectivity index (χ0v) is 16.7. The number of rotatable bonds is 10. The van der Waals surface area contributed by atoms with Crippen molar-refractivity contribution < 1.29 is 14.6 Å². The van der Waals surface area contributed by atoms with Crippen molar-refractivity contribution in [1.82, 2.24) is 0 Å². The molecule has 25 heavy (non-hydrogen) atoms. The lowest BCUT2D eigenvalue weighted by atomic mass is 10.1. The van der Waals surface area contributed by atoms with E-state index in [2.05, 4.69) is 22.9 Å². The highest BCUT2D eigenvalue weighted by molar-refractivity contribution is 9.10. The number of carboxylic acids is 1. The minimum absolute atomic E-state index is 0.560. The van der Waals surface area contributed by atoms with Gasteiger partial charge in [-0.2, -0.15) is 0 Å². The molecule has 0 amide bonds. The molecule has 0 bridgehead atoms. The Bertz CT molecular complexity index is 673. The number of hydrogen-bond donors (Lipinski definition) is 1. The number of carboxylic acid groups (broad SMARTS) is 1.